The van der Waals surface area contributed by atoms with Crippen LogP contribution < -0.4 is 15.2 Å². The van der Waals surface area contributed by atoms with Crippen molar-refractivity contribution in [3.05, 3.63) is 59.7 Å². The number of carbonyl (C=O) groups excluding carboxylic acids is 2. The van der Waals surface area contributed by atoms with Gasteiger partial charge in [-0.05, 0) is 48.2 Å². The molecule has 0 aliphatic rings. The van der Waals surface area contributed by atoms with Crippen LogP contribution in [0.4, 0.5) is 0 Å². The molecule has 9 heteroatoms. The second-order valence-corrected chi connectivity index (χ2v) is 7.88. The predicted molar refractivity (Wildman–Crippen MR) is 126 cm³/mol. The van der Waals surface area contributed by atoms with Gasteiger partial charge in [0.05, 0.1) is 19.3 Å². The summed E-state index contributed by atoms with van der Waals surface area (Å²) in [4.78, 5) is 25.6. The lowest BCUT2D eigenvalue weighted by molar-refractivity contribution is -0.133. The highest BCUT2D eigenvalue weighted by atomic mass is 16.5. The molecule has 186 valence electrons. The molecule has 2 aromatic rings. The van der Waals surface area contributed by atoms with Crippen LogP contribution in [0.3, 0.4) is 0 Å². The Bertz CT molecular complexity index is 818. The highest BCUT2D eigenvalue weighted by molar-refractivity contribution is 5.76. The normalized spacial score (nSPS) is 11.6. The summed E-state index contributed by atoms with van der Waals surface area (Å²) in [6.45, 7) is 0.997. The molecule has 0 heterocycles. The molecule has 0 radical (unpaired) electrons. The Kier molecular flexibility index (Phi) is 11.9. The number of nitrogens with zero attached hydrogens (tertiary/aromatic N) is 1. The number of benzene rings is 2. The Morgan fingerprint density at radius 1 is 0.794 bits per heavy atom. The van der Waals surface area contributed by atoms with Crippen molar-refractivity contribution < 1.29 is 34.4 Å². The van der Waals surface area contributed by atoms with Gasteiger partial charge in [0.2, 0.25) is 11.8 Å². The van der Waals surface area contributed by atoms with Crippen molar-refractivity contribution in [1.82, 2.24) is 4.90 Å². The molecule has 0 aliphatic carbocycles. The van der Waals surface area contributed by atoms with E-state index in [4.69, 9.17) is 25.4 Å². The lowest BCUT2D eigenvalue weighted by Gasteiger charge is -2.24. The summed E-state index contributed by atoms with van der Waals surface area (Å²) in [5.74, 6) is 0.655. The number of primary amides is 1. The summed E-state index contributed by atoms with van der Waals surface area (Å²) in [7, 11) is 0. The van der Waals surface area contributed by atoms with Crippen molar-refractivity contribution in [2.45, 2.75) is 44.9 Å². The molecule has 0 aliphatic heterocycles. The zero-order valence-corrected chi connectivity index (χ0v) is 19.3. The SMILES string of the molecule is NC(=O)CC[C@@H](O)CCC(=O)N(Cc1ccc(OCCO)cc1)Cc1ccc(OCCO)cc1. The van der Waals surface area contributed by atoms with E-state index in [0.717, 1.165) is 11.1 Å². The Hall–Kier alpha value is -3.14. The molecule has 1 atom stereocenters. The van der Waals surface area contributed by atoms with Crippen LogP contribution >= 0.6 is 0 Å². The first kappa shape index (κ1) is 27.1. The standard InChI is InChI=1S/C25H34N2O7/c26-24(31)11-5-21(30)6-12-25(32)27(17-19-1-7-22(8-2-19)33-15-13-28)18-20-3-9-23(10-4-20)34-16-14-29/h1-4,7-10,21,28-30H,5-6,11-18H2,(H2,26,31)/t21-/m1/s1. The van der Waals surface area contributed by atoms with Crippen LogP contribution in [0, 0.1) is 0 Å². The van der Waals surface area contributed by atoms with E-state index in [2.05, 4.69) is 0 Å². The van der Waals surface area contributed by atoms with Crippen molar-refractivity contribution in [3.8, 4) is 11.5 Å². The fourth-order valence-electron chi connectivity index (χ4n) is 3.28. The molecule has 2 aromatic carbocycles. The summed E-state index contributed by atoms with van der Waals surface area (Å²) in [6.07, 6.45) is -0.0918. The zero-order valence-electron chi connectivity index (χ0n) is 19.3. The second-order valence-electron chi connectivity index (χ2n) is 7.88. The first-order valence-electron chi connectivity index (χ1n) is 11.3. The van der Waals surface area contributed by atoms with Crippen molar-refractivity contribution in [2.24, 2.45) is 5.73 Å². The molecule has 5 N–H and O–H groups in total. The van der Waals surface area contributed by atoms with E-state index in [1.54, 1.807) is 29.2 Å². The minimum Gasteiger partial charge on any atom is -0.491 e. The number of hydrogen-bond donors (Lipinski definition) is 4. The molecule has 0 aromatic heterocycles. The van der Waals surface area contributed by atoms with Crippen LogP contribution in [0.1, 0.15) is 36.8 Å². The summed E-state index contributed by atoms with van der Waals surface area (Å²) in [5.41, 5.74) is 6.93. The number of hydrogen-bond acceptors (Lipinski definition) is 7. The maximum atomic E-state index is 13.0. The van der Waals surface area contributed by atoms with Crippen LogP contribution in [0.25, 0.3) is 0 Å². The average Bonchev–Trinajstić information content (AvgIpc) is 2.84. The fraction of sp³-hybridized carbons (Fsp3) is 0.440. The predicted octanol–water partition coefficient (Wildman–Crippen LogP) is 1.36. The molecule has 0 saturated carbocycles. The van der Waals surface area contributed by atoms with Gasteiger partial charge >= 0.3 is 0 Å². The zero-order chi connectivity index (χ0) is 24.8. The van der Waals surface area contributed by atoms with Gasteiger partial charge < -0.3 is 35.4 Å². The minimum atomic E-state index is -0.774. The van der Waals surface area contributed by atoms with Gasteiger partial charge in [0.25, 0.3) is 0 Å². The molecule has 0 bridgehead atoms. The van der Waals surface area contributed by atoms with E-state index in [9.17, 15) is 14.7 Å². The van der Waals surface area contributed by atoms with Gasteiger partial charge in [0.1, 0.15) is 24.7 Å². The van der Waals surface area contributed by atoms with Gasteiger partial charge in [0, 0.05) is 25.9 Å². The minimum absolute atomic E-state index is 0.0703. The Labute approximate surface area is 199 Å². The number of amides is 2. The second kappa shape index (κ2) is 14.9. The van der Waals surface area contributed by atoms with E-state index >= 15 is 0 Å². The molecule has 9 nitrogen and oxygen atoms in total. The van der Waals surface area contributed by atoms with E-state index in [1.165, 1.54) is 0 Å². The lowest BCUT2D eigenvalue weighted by atomic mass is 10.1. The Balaban J connectivity index is 2.05. The molecular weight excluding hydrogens is 440 g/mol. The summed E-state index contributed by atoms with van der Waals surface area (Å²) >= 11 is 0. The Morgan fingerprint density at radius 2 is 1.24 bits per heavy atom. The van der Waals surface area contributed by atoms with Gasteiger partial charge in [-0.25, -0.2) is 0 Å². The first-order valence-corrected chi connectivity index (χ1v) is 11.3. The largest absolute Gasteiger partial charge is 0.491 e. The fourth-order valence-corrected chi connectivity index (χ4v) is 3.28. The summed E-state index contributed by atoms with van der Waals surface area (Å²) < 4.78 is 10.8. The molecule has 34 heavy (non-hydrogen) atoms. The number of aliphatic hydroxyl groups excluding tert-OH is 3. The van der Waals surface area contributed by atoms with E-state index < -0.39 is 12.0 Å². The Morgan fingerprint density at radius 3 is 1.65 bits per heavy atom. The van der Waals surface area contributed by atoms with Crippen LogP contribution in [-0.2, 0) is 22.7 Å². The van der Waals surface area contributed by atoms with Crippen molar-refractivity contribution in [2.75, 3.05) is 26.4 Å². The number of ether oxygens (including phenoxy) is 2. The third-order valence-corrected chi connectivity index (χ3v) is 5.08. The van der Waals surface area contributed by atoms with Gasteiger partial charge in [-0.3, -0.25) is 9.59 Å². The highest BCUT2D eigenvalue weighted by Crippen LogP contribution is 2.19. The number of carbonyl (C=O) groups is 2. The number of nitrogens with two attached hydrogens (primary N) is 1. The lowest BCUT2D eigenvalue weighted by Crippen LogP contribution is -2.30. The van der Waals surface area contributed by atoms with Gasteiger partial charge in [-0.1, -0.05) is 24.3 Å². The topological polar surface area (TPSA) is 143 Å². The van der Waals surface area contributed by atoms with Crippen LogP contribution in [-0.4, -0.2) is 64.6 Å². The molecule has 0 fully saturated rings. The maximum Gasteiger partial charge on any atom is 0.223 e. The van der Waals surface area contributed by atoms with E-state index in [-0.39, 0.29) is 58.0 Å². The van der Waals surface area contributed by atoms with Crippen LogP contribution in [0.15, 0.2) is 48.5 Å². The van der Waals surface area contributed by atoms with Crippen molar-refractivity contribution >= 4 is 11.8 Å². The molecule has 0 spiro atoms. The third kappa shape index (κ3) is 10.2. The molecule has 0 unspecified atom stereocenters. The summed E-state index contributed by atoms with van der Waals surface area (Å²) in [6, 6.07) is 14.6. The van der Waals surface area contributed by atoms with Crippen molar-refractivity contribution in [3.63, 3.8) is 0 Å². The molecular formula is C25H34N2O7. The smallest absolute Gasteiger partial charge is 0.223 e. The van der Waals surface area contributed by atoms with E-state index in [0.29, 0.717) is 24.6 Å². The van der Waals surface area contributed by atoms with Crippen molar-refractivity contribution in [1.29, 1.82) is 0 Å². The molecule has 0 saturated heterocycles. The number of rotatable bonds is 16. The third-order valence-electron chi connectivity index (χ3n) is 5.08. The monoisotopic (exact) mass is 474 g/mol. The average molecular weight is 475 g/mol. The number of aliphatic hydroxyl groups is 3. The first-order chi connectivity index (χ1) is 16.4. The van der Waals surface area contributed by atoms with E-state index in [1.807, 2.05) is 24.3 Å². The maximum absolute atomic E-state index is 13.0. The quantitative estimate of drug-likeness (QED) is 0.288. The molecule has 2 amide bonds. The van der Waals surface area contributed by atoms with Gasteiger partial charge in [0.15, 0.2) is 0 Å². The summed E-state index contributed by atoms with van der Waals surface area (Å²) in [5, 5.41) is 27.8. The van der Waals surface area contributed by atoms with Gasteiger partial charge in [-0.2, -0.15) is 0 Å². The highest BCUT2D eigenvalue weighted by Gasteiger charge is 2.17. The van der Waals surface area contributed by atoms with Gasteiger partial charge in [-0.15, -0.1) is 0 Å². The van der Waals surface area contributed by atoms with Crippen LogP contribution in [0.5, 0.6) is 11.5 Å². The molecule has 2 rings (SSSR count). The van der Waals surface area contributed by atoms with Crippen LogP contribution in [0.2, 0.25) is 0 Å².